The summed E-state index contributed by atoms with van der Waals surface area (Å²) in [4.78, 5) is 23.6. The molecular formula is C22H23N3O. The van der Waals surface area contributed by atoms with Crippen molar-refractivity contribution in [2.24, 2.45) is 5.92 Å². The predicted molar refractivity (Wildman–Crippen MR) is 103 cm³/mol. The number of likely N-dealkylation sites (tertiary alicyclic amines) is 1. The first-order chi connectivity index (χ1) is 12.7. The van der Waals surface area contributed by atoms with E-state index in [1.165, 1.54) is 16.3 Å². The van der Waals surface area contributed by atoms with Crippen LogP contribution in [0.4, 0.5) is 0 Å². The highest BCUT2D eigenvalue weighted by molar-refractivity contribution is 5.93. The molecule has 4 heteroatoms. The second-order valence-electron chi connectivity index (χ2n) is 7.15. The Morgan fingerprint density at radius 3 is 2.96 bits per heavy atom. The molecule has 26 heavy (non-hydrogen) atoms. The minimum absolute atomic E-state index is 0.0591. The molecule has 1 aliphatic heterocycles. The van der Waals surface area contributed by atoms with Gasteiger partial charge in [-0.15, -0.1) is 0 Å². The lowest BCUT2D eigenvalue weighted by Crippen LogP contribution is -2.41. The first kappa shape index (κ1) is 16.7. The van der Waals surface area contributed by atoms with Gasteiger partial charge in [-0.25, -0.2) is 0 Å². The van der Waals surface area contributed by atoms with Crippen molar-refractivity contribution >= 4 is 16.7 Å². The quantitative estimate of drug-likeness (QED) is 0.720. The number of aryl methyl sites for hydroxylation is 1. The average molecular weight is 345 g/mol. The second kappa shape index (κ2) is 7.24. The fraction of sp³-hybridized carbons (Fsp3) is 0.318. The molecule has 4 nitrogen and oxygen atoms in total. The average Bonchev–Trinajstić information content (AvgIpc) is 2.68. The molecule has 0 saturated carbocycles. The Labute approximate surface area is 153 Å². The number of carbonyl (C=O) groups excluding carboxylic acids is 1. The highest BCUT2D eigenvalue weighted by atomic mass is 16.2. The number of carbonyl (C=O) groups is 1. The maximum atomic E-state index is 12.9. The summed E-state index contributed by atoms with van der Waals surface area (Å²) < 4.78 is 0. The van der Waals surface area contributed by atoms with Gasteiger partial charge < -0.3 is 4.90 Å². The Balaban J connectivity index is 1.52. The number of hydrogen-bond donors (Lipinski definition) is 0. The monoisotopic (exact) mass is 345 g/mol. The molecule has 132 valence electrons. The van der Waals surface area contributed by atoms with Crippen molar-refractivity contribution < 1.29 is 4.79 Å². The van der Waals surface area contributed by atoms with Crippen LogP contribution in [0.2, 0.25) is 0 Å². The lowest BCUT2D eigenvalue weighted by Gasteiger charge is -2.33. The zero-order valence-corrected chi connectivity index (χ0v) is 15.1. The molecule has 0 bridgehead atoms. The Morgan fingerprint density at radius 2 is 2.08 bits per heavy atom. The van der Waals surface area contributed by atoms with Gasteiger partial charge in [-0.2, -0.15) is 0 Å². The van der Waals surface area contributed by atoms with Crippen LogP contribution in [0.15, 0.2) is 55.0 Å². The minimum atomic E-state index is 0.0591. The van der Waals surface area contributed by atoms with Crippen LogP contribution in [0, 0.1) is 12.8 Å². The molecule has 1 saturated heterocycles. The number of amides is 1. The Morgan fingerprint density at radius 1 is 1.19 bits per heavy atom. The SMILES string of the molecule is Cc1cccnc1C(=O)N1CCC[C@@H](Cc2cncc3ccccc23)C1. The standard InChI is InChI=1S/C22H23N3O/c1-16-6-4-10-24-21(16)22(26)25-11-5-7-17(15-25)12-19-14-23-13-18-8-2-3-9-20(18)19/h2-4,6,8-10,13-14,17H,5,7,11-12,15H2,1H3/t17-/m0/s1. The predicted octanol–water partition coefficient (Wildman–Crippen LogP) is 4.03. The Hall–Kier alpha value is -2.75. The van der Waals surface area contributed by atoms with E-state index in [4.69, 9.17) is 0 Å². The van der Waals surface area contributed by atoms with Crippen LogP contribution in [0.5, 0.6) is 0 Å². The molecule has 1 atom stereocenters. The molecule has 2 aromatic heterocycles. The molecule has 3 aromatic rings. The van der Waals surface area contributed by atoms with E-state index in [1.807, 2.05) is 42.4 Å². The van der Waals surface area contributed by atoms with Crippen LogP contribution in [0.3, 0.4) is 0 Å². The lowest BCUT2D eigenvalue weighted by atomic mass is 9.90. The summed E-state index contributed by atoms with van der Waals surface area (Å²) in [5.41, 5.74) is 2.80. The number of nitrogens with zero attached hydrogens (tertiary/aromatic N) is 3. The van der Waals surface area contributed by atoms with Crippen LogP contribution in [0.1, 0.15) is 34.5 Å². The molecule has 0 N–H and O–H groups in total. The molecule has 3 heterocycles. The number of fused-ring (bicyclic) bond motifs is 1. The third-order valence-electron chi connectivity index (χ3n) is 5.28. The van der Waals surface area contributed by atoms with Crippen molar-refractivity contribution in [3.63, 3.8) is 0 Å². The number of aromatic nitrogens is 2. The Bertz CT molecular complexity index is 932. The maximum absolute atomic E-state index is 12.9. The van der Waals surface area contributed by atoms with E-state index in [9.17, 15) is 4.79 Å². The minimum Gasteiger partial charge on any atom is -0.337 e. The first-order valence-corrected chi connectivity index (χ1v) is 9.25. The molecule has 1 amide bonds. The van der Waals surface area contributed by atoms with Crippen molar-refractivity contribution in [3.8, 4) is 0 Å². The second-order valence-corrected chi connectivity index (χ2v) is 7.15. The molecule has 1 aliphatic rings. The van der Waals surface area contributed by atoms with Crippen molar-refractivity contribution in [1.82, 2.24) is 14.9 Å². The zero-order valence-electron chi connectivity index (χ0n) is 15.1. The van der Waals surface area contributed by atoms with E-state index in [2.05, 4.69) is 28.2 Å². The third kappa shape index (κ3) is 3.32. The van der Waals surface area contributed by atoms with Crippen LogP contribution in [0.25, 0.3) is 10.8 Å². The Kier molecular flexibility index (Phi) is 4.65. The molecule has 4 rings (SSSR count). The van der Waals surface area contributed by atoms with E-state index in [1.54, 1.807) is 6.20 Å². The van der Waals surface area contributed by atoms with Crippen molar-refractivity contribution in [3.05, 3.63) is 71.8 Å². The van der Waals surface area contributed by atoms with Gasteiger partial charge in [-0.1, -0.05) is 30.3 Å². The normalized spacial score (nSPS) is 17.4. The summed E-state index contributed by atoms with van der Waals surface area (Å²) in [5.74, 6) is 0.521. The van der Waals surface area contributed by atoms with Gasteiger partial charge in [0, 0.05) is 37.1 Å². The zero-order chi connectivity index (χ0) is 17.9. The third-order valence-corrected chi connectivity index (χ3v) is 5.28. The summed E-state index contributed by atoms with van der Waals surface area (Å²) in [6, 6.07) is 12.2. The summed E-state index contributed by atoms with van der Waals surface area (Å²) in [6.45, 7) is 3.56. The lowest BCUT2D eigenvalue weighted by molar-refractivity contribution is 0.0666. The van der Waals surface area contributed by atoms with Gasteiger partial charge >= 0.3 is 0 Å². The van der Waals surface area contributed by atoms with Crippen LogP contribution >= 0.6 is 0 Å². The number of rotatable bonds is 3. The van der Waals surface area contributed by atoms with E-state index in [0.717, 1.165) is 37.9 Å². The van der Waals surface area contributed by atoms with E-state index >= 15 is 0 Å². The molecule has 0 spiro atoms. The fourth-order valence-corrected chi connectivity index (χ4v) is 3.93. The molecule has 1 fully saturated rings. The molecule has 0 aliphatic carbocycles. The highest BCUT2D eigenvalue weighted by Gasteiger charge is 2.26. The van der Waals surface area contributed by atoms with Gasteiger partial charge in [0.1, 0.15) is 5.69 Å². The van der Waals surface area contributed by atoms with Crippen molar-refractivity contribution in [1.29, 1.82) is 0 Å². The number of benzene rings is 1. The number of pyridine rings is 2. The van der Waals surface area contributed by atoms with Crippen LogP contribution in [-0.4, -0.2) is 33.9 Å². The summed E-state index contributed by atoms with van der Waals surface area (Å²) >= 11 is 0. The van der Waals surface area contributed by atoms with Gasteiger partial charge in [0.2, 0.25) is 0 Å². The molecule has 0 radical (unpaired) electrons. The van der Waals surface area contributed by atoms with E-state index in [0.29, 0.717) is 11.6 Å². The van der Waals surface area contributed by atoms with Gasteiger partial charge in [0.05, 0.1) is 0 Å². The van der Waals surface area contributed by atoms with E-state index in [-0.39, 0.29) is 5.91 Å². The number of piperidine rings is 1. The smallest absolute Gasteiger partial charge is 0.272 e. The van der Waals surface area contributed by atoms with Crippen molar-refractivity contribution in [2.75, 3.05) is 13.1 Å². The van der Waals surface area contributed by atoms with Crippen LogP contribution < -0.4 is 0 Å². The topological polar surface area (TPSA) is 46.1 Å². The van der Waals surface area contributed by atoms with Gasteiger partial charge in [-0.3, -0.25) is 14.8 Å². The summed E-state index contributed by atoms with van der Waals surface area (Å²) in [5, 5.41) is 2.45. The van der Waals surface area contributed by atoms with Crippen LogP contribution in [-0.2, 0) is 6.42 Å². The first-order valence-electron chi connectivity index (χ1n) is 9.25. The van der Waals surface area contributed by atoms with Gasteiger partial charge in [0.15, 0.2) is 0 Å². The highest BCUT2D eigenvalue weighted by Crippen LogP contribution is 2.26. The fourth-order valence-electron chi connectivity index (χ4n) is 3.93. The van der Waals surface area contributed by atoms with Crippen molar-refractivity contribution in [2.45, 2.75) is 26.2 Å². The van der Waals surface area contributed by atoms with Gasteiger partial charge in [0.25, 0.3) is 5.91 Å². The largest absolute Gasteiger partial charge is 0.337 e. The summed E-state index contributed by atoms with van der Waals surface area (Å²) in [7, 11) is 0. The molecule has 1 aromatic carbocycles. The number of hydrogen-bond acceptors (Lipinski definition) is 3. The molecule has 0 unspecified atom stereocenters. The maximum Gasteiger partial charge on any atom is 0.272 e. The van der Waals surface area contributed by atoms with E-state index < -0.39 is 0 Å². The molecular weight excluding hydrogens is 322 g/mol. The summed E-state index contributed by atoms with van der Waals surface area (Å²) in [6.07, 6.45) is 8.74. The van der Waals surface area contributed by atoms with Gasteiger partial charge in [-0.05, 0) is 54.7 Å².